The zero-order valence-corrected chi connectivity index (χ0v) is 13.9. The summed E-state index contributed by atoms with van der Waals surface area (Å²) in [6.45, 7) is 11.0. The van der Waals surface area contributed by atoms with Crippen LogP contribution in [0.2, 0.25) is 0 Å². The molecule has 1 aromatic carbocycles. The van der Waals surface area contributed by atoms with E-state index >= 15 is 0 Å². The molecule has 0 amide bonds. The molecule has 0 spiro atoms. The molecule has 2 nitrogen and oxygen atoms in total. The van der Waals surface area contributed by atoms with Crippen molar-refractivity contribution in [3.63, 3.8) is 0 Å². The Hall–Kier alpha value is -1.30. The second kappa shape index (κ2) is 9.60. The summed E-state index contributed by atoms with van der Waals surface area (Å²) in [6, 6.07) is 8.89. The van der Waals surface area contributed by atoms with Crippen LogP contribution in [0.25, 0.3) is 0 Å². The Balaban J connectivity index is 2.97. The lowest BCUT2D eigenvalue weighted by Crippen LogP contribution is -2.36. The van der Waals surface area contributed by atoms with Gasteiger partial charge in [0.2, 0.25) is 0 Å². The minimum atomic E-state index is -0.0867. The molecule has 2 heteroatoms. The largest absolute Gasteiger partial charge is 0.384 e. The van der Waals surface area contributed by atoms with Crippen LogP contribution in [-0.2, 0) is 6.54 Å². The van der Waals surface area contributed by atoms with Gasteiger partial charge in [-0.25, -0.2) is 0 Å². The van der Waals surface area contributed by atoms with E-state index < -0.39 is 0 Å². The fourth-order valence-corrected chi connectivity index (χ4v) is 2.75. The second-order valence-corrected chi connectivity index (χ2v) is 5.91. The van der Waals surface area contributed by atoms with Crippen LogP contribution in [0, 0.1) is 17.8 Å². The van der Waals surface area contributed by atoms with Crippen LogP contribution in [0.3, 0.4) is 0 Å². The van der Waals surface area contributed by atoms with Gasteiger partial charge in [-0.1, -0.05) is 57.7 Å². The molecule has 0 bridgehead atoms. The van der Waals surface area contributed by atoms with E-state index in [1.165, 1.54) is 18.4 Å². The smallest absolute Gasteiger partial charge is 0.104 e. The highest BCUT2D eigenvalue weighted by Gasteiger charge is 2.17. The third kappa shape index (κ3) is 5.91. The lowest BCUT2D eigenvalue weighted by Gasteiger charge is -2.32. The van der Waals surface area contributed by atoms with Crippen molar-refractivity contribution >= 4 is 0 Å². The predicted molar refractivity (Wildman–Crippen MR) is 90.0 cm³/mol. The molecule has 0 saturated carbocycles. The quantitative estimate of drug-likeness (QED) is 0.773. The average molecular weight is 287 g/mol. The summed E-state index contributed by atoms with van der Waals surface area (Å²) in [4.78, 5) is 2.57. The first kappa shape index (κ1) is 17.8. The van der Waals surface area contributed by atoms with Gasteiger partial charge in [-0.15, -0.1) is 0 Å². The third-order valence-corrected chi connectivity index (χ3v) is 3.75. The predicted octanol–water partition coefficient (Wildman–Crippen LogP) is 3.68. The van der Waals surface area contributed by atoms with Crippen molar-refractivity contribution in [3.8, 4) is 11.8 Å². The lowest BCUT2D eigenvalue weighted by atomic mass is 10.0. The maximum Gasteiger partial charge on any atom is 0.104 e. The Morgan fingerprint density at radius 2 is 1.81 bits per heavy atom. The van der Waals surface area contributed by atoms with E-state index in [0.717, 1.165) is 18.7 Å². The molecular weight excluding hydrogens is 258 g/mol. The number of nitrogens with zero attached hydrogens (tertiary/aromatic N) is 1. The molecule has 0 unspecified atom stereocenters. The monoisotopic (exact) mass is 287 g/mol. The van der Waals surface area contributed by atoms with Crippen LogP contribution in [-0.4, -0.2) is 29.2 Å². The molecule has 0 radical (unpaired) electrons. The molecule has 1 rings (SSSR count). The number of benzene rings is 1. The van der Waals surface area contributed by atoms with Gasteiger partial charge in [0.15, 0.2) is 0 Å². The Morgan fingerprint density at radius 3 is 2.38 bits per heavy atom. The molecule has 0 atom stereocenters. The van der Waals surface area contributed by atoms with E-state index in [9.17, 15) is 0 Å². The maximum absolute atomic E-state index is 8.90. The number of aliphatic hydroxyl groups is 1. The van der Waals surface area contributed by atoms with Gasteiger partial charge in [0.25, 0.3) is 0 Å². The van der Waals surface area contributed by atoms with Gasteiger partial charge in [-0.2, -0.15) is 0 Å². The van der Waals surface area contributed by atoms with Crippen LogP contribution in [0.1, 0.15) is 51.7 Å². The molecule has 21 heavy (non-hydrogen) atoms. The molecule has 1 N–H and O–H groups in total. The first-order valence-electron chi connectivity index (χ1n) is 8.03. The van der Waals surface area contributed by atoms with Crippen LogP contribution < -0.4 is 0 Å². The summed E-state index contributed by atoms with van der Waals surface area (Å²) in [5, 5.41) is 8.90. The summed E-state index contributed by atoms with van der Waals surface area (Å²) in [7, 11) is 0. The van der Waals surface area contributed by atoms with Gasteiger partial charge >= 0.3 is 0 Å². The molecule has 0 saturated heterocycles. The minimum Gasteiger partial charge on any atom is -0.384 e. The van der Waals surface area contributed by atoms with Crippen molar-refractivity contribution in [2.75, 3.05) is 13.2 Å². The summed E-state index contributed by atoms with van der Waals surface area (Å²) in [5.74, 6) is 6.49. The van der Waals surface area contributed by atoms with E-state index in [2.05, 4.69) is 56.6 Å². The molecular formula is C19H29NO. The zero-order valence-electron chi connectivity index (χ0n) is 13.9. The molecule has 0 aromatic heterocycles. The number of hydrogen-bond donors (Lipinski definition) is 1. The summed E-state index contributed by atoms with van der Waals surface area (Å²) < 4.78 is 0. The normalized spacial score (nSPS) is 11.0. The molecule has 0 aliphatic rings. The molecule has 0 heterocycles. The van der Waals surface area contributed by atoms with E-state index in [-0.39, 0.29) is 6.61 Å². The Kier molecular flexibility index (Phi) is 8.12. The van der Waals surface area contributed by atoms with Crippen molar-refractivity contribution in [1.29, 1.82) is 0 Å². The van der Waals surface area contributed by atoms with Gasteiger partial charge in [-0.3, -0.25) is 4.90 Å². The summed E-state index contributed by atoms with van der Waals surface area (Å²) in [6.07, 6.45) is 2.35. The lowest BCUT2D eigenvalue weighted by molar-refractivity contribution is 0.157. The zero-order chi connectivity index (χ0) is 15.7. The Morgan fingerprint density at radius 1 is 1.14 bits per heavy atom. The van der Waals surface area contributed by atoms with E-state index in [4.69, 9.17) is 5.11 Å². The first-order valence-corrected chi connectivity index (χ1v) is 8.03. The van der Waals surface area contributed by atoms with Gasteiger partial charge in [0.1, 0.15) is 6.61 Å². The SMILES string of the molecule is CCC(CC)N(Cc1ccccc1C#CCO)CC(C)C. The third-order valence-electron chi connectivity index (χ3n) is 3.75. The fraction of sp³-hybridized carbons (Fsp3) is 0.579. The minimum absolute atomic E-state index is 0.0867. The molecule has 0 aliphatic heterocycles. The highest BCUT2D eigenvalue weighted by Crippen LogP contribution is 2.18. The van der Waals surface area contributed by atoms with E-state index in [1.807, 2.05) is 12.1 Å². The van der Waals surface area contributed by atoms with Gasteiger partial charge in [0.05, 0.1) is 0 Å². The van der Waals surface area contributed by atoms with Crippen LogP contribution in [0.15, 0.2) is 24.3 Å². The van der Waals surface area contributed by atoms with Crippen molar-refractivity contribution in [2.24, 2.45) is 5.92 Å². The number of hydrogen-bond acceptors (Lipinski definition) is 2. The second-order valence-electron chi connectivity index (χ2n) is 5.91. The van der Waals surface area contributed by atoms with Crippen molar-refractivity contribution < 1.29 is 5.11 Å². The van der Waals surface area contributed by atoms with Crippen LogP contribution in [0.5, 0.6) is 0 Å². The van der Waals surface area contributed by atoms with Crippen molar-refractivity contribution in [1.82, 2.24) is 4.90 Å². The summed E-state index contributed by atoms with van der Waals surface area (Å²) in [5.41, 5.74) is 2.29. The number of aliphatic hydroxyl groups excluding tert-OH is 1. The van der Waals surface area contributed by atoms with Crippen LogP contribution >= 0.6 is 0 Å². The highest BCUT2D eigenvalue weighted by molar-refractivity contribution is 5.41. The maximum atomic E-state index is 8.90. The molecule has 116 valence electrons. The Bertz CT molecular complexity index is 466. The fourth-order valence-electron chi connectivity index (χ4n) is 2.75. The number of rotatable bonds is 7. The standard InChI is InChI=1S/C19H29NO/c1-5-19(6-2)20(14-16(3)4)15-18-11-8-7-10-17(18)12-9-13-21/h7-8,10-11,16,19,21H,5-6,13-15H2,1-4H3. The van der Waals surface area contributed by atoms with E-state index in [1.54, 1.807) is 0 Å². The average Bonchev–Trinajstić information content (AvgIpc) is 2.47. The Labute approximate surface area is 130 Å². The molecule has 0 aliphatic carbocycles. The van der Waals surface area contributed by atoms with E-state index in [0.29, 0.717) is 12.0 Å². The van der Waals surface area contributed by atoms with Gasteiger partial charge in [-0.05, 0) is 30.4 Å². The van der Waals surface area contributed by atoms with Crippen molar-refractivity contribution in [2.45, 2.75) is 53.1 Å². The molecule has 1 aromatic rings. The topological polar surface area (TPSA) is 23.5 Å². The van der Waals surface area contributed by atoms with Gasteiger partial charge in [0, 0.05) is 24.7 Å². The van der Waals surface area contributed by atoms with Crippen molar-refractivity contribution in [3.05, 3.63) is 35.4 Å². The first-order chi connectivity index (χ1) is 10.1. The molecule has 0 fully saturated rings. The highest BCUT2D eigenvalue weighted by atomic mass is 16.2. The summed E-state index contributed by atoms with van der Waals surface area (Å²) >= 11 is 0. The van der Waals surface area contributed by atoms with Crippen LogP contribution in [0.4, 0.5) is 0 Å². The van der Waals surface area contributed by atoms with Gasteiger partial charge < -0.3 is 5.11 Å².